The van der Waals surface area contributed by atoms with E-state index in [0.717, 1.165) is 31.2 Å². The molecule has 19 heavy (non-hydrogen) atoms. The Labute approximate surface area is 124 Å². The van der Waals surface area contributed by atoms with Crippen LogP contribution in [-0.4, -0.2) is 25.4 Å². The molecule has 0 saturated heterocycles. The summed E-state index contributed by atoms with van der Waals surface area (Å²) in [5, 5.41) is 12.9. The summed E-state index contributed by atoms with van der Waals surface area (Å²) in [5.41, 5.74) is 0.968. The summed E-state index contributed by atoms with van der Waals surface area (Å²) in [4.78, 5) is 0. The summed E-state index contributed by atoms with van der Waals surface area (Å²) < 4.78 is 5.76. The fourth-order valence-electron chi connectivity index (χ4n) is 1.84. The number of unbranched alkanes of at least 4 members (excludes halogenated alkanes) is 3. The van der Waals surface area contributed by atoms with E-state index < -0.39 is 0 Å². The molecule has 2 N–H and O–H groups in total. The van der Waals surface area contributed by atoms with E-state index in [0.29, 0.717) is 28.9 Å². The maximum Gasteiger partial charge on any atom is 0.142 e. The number of nitrogens with one attached hydrogen (secondary N) is 1. The van der Waals surface area contributed by atoms with Crippen molar-refractivity contribution in [1.82, 2.24) is 5.32 Å². The first kappa shape index (κ1) is 16.6. The molecule has 0 aliphatic rings. The molecular weight excluding hydrogens is 285 g/mol. The molecule has 0 aliphatic carbocycles. The number of aliphatic hydroxyl groups is 1. The van der Waals surface area contributed by atoms with E-state index in [-0.39, 0.29) is 6.61 Å². The Hall–Kier alpha value is -0.480. The Kier molecular flexibility index (Phi) is 8.22. The smallest absolute Gasteiger partial charge is 0.142 e. The molecule has 0 atom stereocenters. The molecule has 1 rings (SSSR count). The Morgan fingerprint density at radius 2 is 1.89 bits per heavy atom. The molecule has 0 amide bonds. The van der Waals surface area contributed by atoms with Crippen LogP contribution in [0.25, 0.3) is 0 Å². The lowest BCUT2D eigenvalue weighted by Crippen LogP contribution is -2.08. The van der Waals surface area contributed by atoms with Crippen LogP contribution >= 0.6 is 23.2 Å². The second kappa shape index (κ2) is 9.43. The molecule has 0 fully saturated rings. The minimum atomic E-state index is 0.260. The topological polar surface area (TPSA) is 41.5 Å². The molecule has 0 heterocycles. The summed E-state index contributed by atoms with van der Waals surface area (Å²) in [7, 11) is 1.87. The van der Waals surface area contributed by atoms with Crippen LogP contribution in [0.15, 0.2) is 12.1 Å². The molecule has 0 saturated carbocycles. The molecule has 0 unspecified atom stereocenters. The van der Waals surface area contributed by atoms with Crippen molar-refractivity contribution in [2.45, 2.75) is 32.2 Å². The van der Waals surface area contributed by atoms with Gasteiger partial charge in [0.2, 0.25) is 0 Å². The van der Waals surface area contributed by atoms with E-state index in [1.165, 1.54) is 0 Å². The third kappa shape index (κ3) is 6.00. The van der Waals surface area contributed by atoms with Gasteiger partial charge in [0.15, 0.2) is 0 Å². The number of benzene rings is 1. The van der Waals surface area contributed by atoms with E-state index >= 15 is 0 Å². The molecule has 1 aromatic rings. The highest BCUT2D eigenvalue weighted by molar-refractivity contribution is 6.35. The fourth-order valence-corrected chi connectivity index (χ4v) is 2.43. The van der Waals surface area contributed by atoms with Gasteiger partial charge in [-0.1, -0.05) is 29.6 Å². The summed E-state index contributed by atoms with van der Waals surface area (Å²) in [6, 6.07) is 3.56. The van der Waals surface area contributed by atoms with Gasteiger partial charge in [-0.25, -0.2) is 0 Å². The first-order valence-corrected chi connectivity index (χ1v) is 7.30. The molecule has 0 radical (unpaired) electrons. The zero-order valence-electron chi connectivity index (χ0n) is 11.2. The minimum absolute atomic E-state index is 0.260. The normalized spacial score (nSPS) is 10.7. The Bertz CT molecular complexity index is 386. The lowest BCUT2D eigenvalue weighted by atomic mass is 10.2. The molecule has 1 aromatic carbocycles. The van der Waals surface area contributed by atoms with E-state index in [1.807, 2.05) is 13.1 Å². The lowest BCUT2D eigenvalue weighted by Gasteiger charge is -2.13. The number of hydrogen-bond acceptors (Lipinski definition) is 3. The Balaban J connectivity index is 2.51. The van der Waals surface area contributed by atoms with Crippen molar-refractivity contribution in [2.24, 2.45) is 0 Å². The minimum Gasteiger partial charge on any atom is -0.492 e. The van der Waals surface area contributed by atoms with Crippen LogP contribution < -0.4 is 10.1 Å². The number of aliphatic hydroxyl groups excluding tert-OH is 1. The Morgan fingerprint density at radius 1 is 1.16 bits per heavy atom. The highest BCUT2D eigenvalue weighted by Crippen LogP contribution is 2.32. The van der Waals surface area contributed by atoms with E-state index in [9.17, 15) is 0 Å². The predicted molar refractivity (Wildman–Crippen MR) is 80.3 cm³/mol. The molecule has 5 heteroatoms. The molecule has 0 spiro atoms. The maximum atomic E-state index is 8.69. The van der Waals surface area contributed by atoms with Crippen molar-refractivity contribution in [1.29, 1.82) is 0 Å². The second-order valence-corrected chi connectivity index (χ2v) is 5.24. The first-order valence-electron chi connectivity index (χ1n) is 6.55. The molecule has 0 aliphatic heterocycles. The summed E-state index contributed by atoms with van der Waals surface area (Å²) in [6.45, 7) is 1.56. The van der Waals surface area contributed by atoms with Crippen molar-refractivity contribution in [3.63, 3.8) is 0 Å². The van der Waals surface area contributed by atoms with E-state index in [4.69, 9.17) is 33.0 Å². The van der Waals surface area contributed by atoms with Gasteiger partial charge in [0, 0.05) is 23.7 Å². The molecule has 3 nitrogen and oxygen atoms in total. The standard InChI is InChI=1S/C14H21Cl2NO2/c1-17-10-11-8-12(15)9-13(16)14(11)19-7-5-3-2-4-6-18/h8-9,17-18H,2-7,10H2,1H3. The quantitative estimate of drug-likeness (QED) is 0.684. The molecule has 108 valence electrons. The summed E-state index contributed by atoms with van der Waals surface area (Å²) >= 11 is 12.1. The van der Waals surface area contributed by atoms with Crippen LogP contribution in [0.1, 0.15) is 31.2 Å². The number of halogens is 2. The monoisotopic (exact) mass is 305 g/mol. The largest absolute Gasteiger partial charge is 0.492 e. The maximum absolute atomic E-state index is 8.69. The Morgan fingerprint density at radius 3 is 2.58 bits per heavy atom. The molecular formula is C14H21Cl2NO2. The predicted octanol–water partition coefficient (Wildman–Crippen LogP) is 3.64. The SMILES string of the molecule is CNCc1cc(Cl)cc(Cl)c1OCCCCCCO. The van der Waals surface area contributed by atoms with E-state index in [2.05, 4.69) is 5.32 Å². The van der Waals surface area contributed by atoms with Gasteiger partial charge in [0.25, 0.3) is 0 Å². The number of ether oxygens (including phenoxy) is 1. The van der Waals surface area contributed by atoms with Crippen molar-refractivity contribution in [3.8, 4) is 5.75 Å². The van der Waals surface area contributed by atoms with Gasteiger partial charge >= 0.3 is 0 Å². The second-order valence-electron chi connectivity index (χ2n) is 4.39. The summed E-state index contributed by atoms with van der Waals surface area (Å²) in [5.74, 6) is 0.711. The summed E-state index contributed by atoms with van der Waals surface area (Å²) in [6.07, 6.45) is 3.88. The van der Waals surface area contributed by atoms with Crippen LogP contribution in [0.4, 0.5) is 0 Å². The molecule has 0 bridgehead atoms. The third-order valence-electron chi connectivity index (χ3n) is 2.75. The van der Waals surface area contributed by atoms with Gasteiger partial charge in [0.05, 0.1) is 11.6 Å². The zero-order valence-corrected chi connectivity index (χ0v) is 12.7. The van der Waals surface area contributed by atoms with Crippen molar-refractivity contribution in [2.75, 3.05) is 20.3 Å². The lowest BCUT2D eigenvalue weighted by molar-refractivity contribution is 0.273. The van der Waals surface area contributed by atoms with Gasteiger partial charge in [-0.3, -0.25) is 0 Å². The first-order chi connectivity index (χ1) is 9.19. The third-order valence-corrected chi connectivity index (χ3v) is 3.25. The highest BCUT2D eigenvalue weighted by Gasteiger charge is 2.10. The van der Waals surface area contributed by atoms with Gasteiger partial charge in [0.1, 0.15) is 5.75 Å². The van der Waals surface area contributed by atoms with E-state index in [1.54, 1.807) is 6.07 Å². The average Bonchev–Trinajstić information content (AvgIpc) is 2.36. The fraction of sp³-hybridized carbons (Fsp3) is 0.571. The van der Waals surface area contributed by atoms with Crippen molar-refractivity contribution in [3.05, 3.63) is 27.7 Å². The van der Waals surface area contributed by atoms with Gasteiger partial charge in [-0.15, -0.1) is 0 Å². The van der Waals surface area contributed by atoms with Crippen molar-refractivity contribution < 1.29 is 9.84 Å². The van der Waals surface area contributed by atoms with Gasteiger partial charge < -0.3 is 15.2 Å². The highest BCUT2D eigenvalue weighted by atomic mass is 35.5. The van der Waals surface area contributed by atoms with Crippen molar-refractivity contribution >= 4 is 23.2 Å². The van der Waals surface area contributed by atoms with Crippen LogP contribution in [-0.2, 0) is 6.54 Å². The van der Waals surface area contributed by atoms with Gasteiger partial charge in [-0.05, 0) is 38.4 Å². The van der Waals surface area contributed by atoms with Crippen LogP contribution in [0.2, 0.25) is 10.0 Å². The zero-order chi connectivity index (χ0) is 14.1. The average molecular weight is 306 g/mol. The number of hydrogen-bond donors (Lipinski definition) is 2. The van der Waals surface area contributed by atoms with Gasteiger partial charge in [-0.2, -0.15) is 0 Å². The van der Waals surface area contributed by atoms with Crippen LogP contribution in [0.5, 0.6) is 5.75 Å². The molecule has 0 aromatic heterocycles. The van der Waals surface area contributed by atoms with Crippen LogP contribution in [0, 0.1) is 0 Å². The van der Waals surface area contributed by atoms with Crippen LogP contribution in [0.3, 0.4) is 0 Å². The number of rotatable bonds is 9.